The molecule has 1 fully saturated rings. The van der Waals surface area contributed by atoms with Gasteiger partial charge in [-0.05, 0) is 24.1 Å². The Hall–Kier alpha value is -2.85. The number of halogens is 1. The maximum atomic E-state index is 13.9. The summed E-state index contributed by atoms with van der Waals surface area (Å²) in [6.45, 7) is 0.843. The minimum absolute atomic E-state index is 0.0327. The van der Waals surface area contributed by atoms with Gasteiger partial charge in [0, 0.05) is 38.3 Å². The number of nitrogens with zero attached hydrogens (tertiary/aromatic N) is 3. The van der Waals surface area contributed by atoms with Gasteiger partial charge in [0.1, 0.15) is 5.82 Å². The zero-order valence-electron chi connectivity index (χ0n) is 15.5. The molecule has 0 aromatic heterocycles. The van der Waals surface area contributed by atoms with Gasteiger partial charge in [-0.3, -0.25) is 14.9 Å². The SMILES string of the molecule is O=C(c1ccccc1F)N1CCCN(S(=O)(=O)Cc2ccc([N+](=O)[O-])cc2)CC1. The third kappa shape index (κ3) is 4.96. The summed E-state index contributed by atoms with van der Waals surface area (Å²) in [6, 6.07) is 11.1. The standard InChI is InChI=1S/C19H20FN3O5S/c20-18-5-2-1-4-17(18)19(24)21-10-3-11-22(13-12-21)29(27,28)14-15-6-8-16(9-7-15)23(25)26/h1-2,4-9H,3,10-14H2. The first-order valence-corrected chi connectivity index (χ1v) is 10.6. The normalized spacial score (nSPS) is 15.7. The number of benzene rings is 2. The van der Waals surface area contributed by atoms with Gasteiger partial charge in [0.05, 0.1) is 16.2 Å². The Kier molecular flexibility index (Phi) is 6.23. The van der Waals surface area contributed by atoms with E-state index in [1.807, 2.05) is 0 Å². The second-order valence-corrected chi connectivity index (χ2v) is 8.67. The maximum absolute atomic E-state index is 13.9. The number of carbonyl (C=O) groups is 1. The lowest BCUT2D eigenvalue weighted by Gasteiger charge is -2.22. The highest BCUT2D eigenvalue weighted by molar-refractivity contribution is 7.88. The fraction of sp³-hybridized carbons (Fsp3) is 0.316. The number of nitro groups is 1. The van der Waals surface area contributed by atoms with Crippen LogP contribution in [0.25, 0.3) is 0 Å². The Morgan fingerprint density at radius 3 is 2.38 bits per heavy atom. The number of non-ortho nitro benzene ring substituents is 1. The molecule has 3 rings (SSSR count). The Balaban J connectivity index is 1.67. The lowest BCUT2D eigenvalue weighted by Crippen LogP contribution is -2.38. The van der Waals surface area contributed by atoms with Crippen molar-refractivity contribution in [2.45, 2.75) is 12.2 Å². The van der Waals surface area contributed by atoms with Crippen LogP contribution in [0, 0.1) is 15.9 Å². The molecule has 0 saturated carbocycles. The third-order valence-corrected chi connectivity index (χ3v) is 6.59. The van der Waals surface area contributed by atoms with E-state index in [0.717, 1.165) is 0 Å². The van der Waals surface area contributed by atoms with Crippen LogP contribution in [0.3, 0.4) is 0 Å². The van der Waals surface area contributed by atoms with E-state index in [-0.39, 0.29) is 36.6 Å². The summed E-state index contributed by atoms with van der Waals surface area (Å²) in [6.07, 6.45) is 0.430. The van der Waals surface area contributed by atoms with Crippen molar-refractivity contribution in [2.24, 2.45) is 0 Å². The van der Waals surface area contributed by atoms with Crippen molar-refractivity contribution in [2.75, 3.05) is 26.2 Å². The monoisotopic (exact) mass is 421 g/mol. The average molecular weight is 421 g/mol. The molecule has 0 spiro atoms. The number of carbonyl (C=O) groups excluding carboxylic acids is 1. The van der Waals surface area contributed by atoms with Crippen LogP contribution in [0.2, 0.25) is 0 Å². The van der Waals surface area contributed by atoms with Gasteiger partial charge >= 0.3 is 0 Å². The lowest BCUT2D eigenvalue weighted by molar-refractivity contribution is -0.384. The molecule has 1 amide bonds. The molecule has 154 valence electrons. The van der Waals surface area contributed by atoms with E-state index in [9.17, 15) is 27.7 Å². The van der Waals surface area contributed by atoms with Crippen molar-refractivity contribution >= 4 is 21.6 Å². The number of nitro benzene ring substituents is 1. The third-order valence-electron chi connectivity index (χ3n) is 4.74. The molecule has 0 N–H and O–H groups in total. The van der Waals surface area contributed by atoms with Crippen LogP contribution in [-0.4, -0.2) is 54.6 Å². The van der Waals surface area contributed by atoms with Crippen LogP contribution in [0.15, 0.2) is 48.5 Å². The van der Waals surface area contributed by atoms with E-state index in [2.05, 4.69) is 0 Å². The minimum atomic E-state index is -3.66. The Morgan fingerprint density at radius 2 is 1.72 bits per heavy atom. The van der Waals surface area contributed by atoms with Gasteiger partial charge in [-0.25, -0.2) is 12.8 Å². The van der Waals surface area contributed by atoms with Gasteiger partial charge in [0.25, 0.3) is 11.6 Å². The zero-order valence-corrected chi connectivity index (χ0v) is 16.3. The topological polar surface area (TPSA) is 101 Å². The molecule has 0 unspecified atom stereocenters. The first-order valence-electron chi connectivity index (χ1n) is 9.03. The summed E-state index contributed by atoms with van der Waals surface area (Å²) in [5.74, 6) is -1.35. The van der Waals surface area contributed by atoms with Crippen LogP contribution >= 0.6 is 0 Å². The molecular formula is C19H20FN3O5S. The predicted octanol–water partition coefficient (Wildman–Crippen LogP) is 2.41. The van der Waals surface area contributed by atoms with Crippen LogP contribution in [0.1, 0.15) is 22.3 Å². The lowest BCUT2D eigenvalue weighted by atomic mass is 10.2. The Bertz CT molecular complexity index is 1010. The van der Waals surface area contributed by atoms with E-state index < -0.39 is 26.7 Å². The van der Waals surface area contributed by atoms with Crippen molar-refractivity contribution in [1.82, 2.24) is 9.21 Å². The molecule has 0 atom stereocenters. The Labute approximate surface area is 167 Å². The molecule has 10 heteroatoms. The summed E-state index contributed by atoms with van der Waals surface area (Å²) in [5.41, 5.74) is 0.303. The summed E-state index contributed by atoms with van der Waals surface area (Å²) in [4.78, 5) is 24.2. The number of hydrogen-bond donors (Lipinski definition) is 0. The van der Waals surface area contributed by atoms with Gasteiger partial charge in [-0.2, -0.15) is 4.31 Å². The molecule has 0 bridgehead atoms. The van der Waals surface area contributed by atoms with E-state index in [1.165, 1.54) is 51.7 Å². The van der Waals surface area contributed by atoms with Crippen molar-refractivity contribution < 1.29 is 22.5 Å². The van der Waals surface area contributed by atoms with Crippen LogP contribution in [0.4, 0.5) is 10.1 Å². The van der Waals surface area contributed by atoms with Gasteiger partial charge in [0.2, 0.25) is 10.0 Å². The first kappa shape index (κ1) is 20.9. The smallest absolute Gasteiger partial charge is 0.269 e. The predicted molar refractivity (Wildman–Crippen MR) is 104 cm³/mol. The fourth-order valence-corrected chi connectivity index (χ4v) is 4.76. The molecule has 1 aliphatic rings. The molecule has 1 heterocycles. The zero-order chi connectivity index (χ0) is 21.0. The van der Waals surface area contributed by atoms with Crippen molar-refractivity contribution in [3.8, 4) is 0 Å². The summed E-state index contributed by atoms with van der Waals surface area (Å²) < 4.78 is 40.7. The molecule has 1 aliphatic heterocycles. The second kappa shape index (κ2) is 8.66. The molecule has 2 aromatic carbocycles. The van der Waals surface area contributed by atoms with Crippen LogP contribution in [-0.2, 0) is 15.8 Å². The quantitative estimate of drug-likeness (QED) is 0.545. The van der Waals surface area contributed by atoms with Crippen LogP contribution in [0.5, 0.6) is 0 Å². The highest BCUT2D eigenvalue weighted by atomic mass is 32.2. The molecule has 8 nitrogen and oxygen atoms in total. The van der Waals surface area contributed by atoms with E-state index in [1.54, 1.807) is 6.07 Å². The summed E-state index contributed by atoms with van der Waals surface area (Å²) in [5, 5.41) is 10.7. The molecule has 1 saturated heterocycles. The highest BCUT2D eigenvalue weighted by Crippen LogP contribution is 2.18. The van der Waals surface area contributed by atoms with Gasteiger partial charge in [-0.15, -0.1) is 0 Å². The number of amides is 1. The Morgan fingerprint density at radius 1 is 1.03 bits per heavy atom. The number of hydrogen-bond acceptors (Lipinski definition) is 5. The fourth-order valence-electron chi connectivity index (χ4n) is 3.20. The van der Waals surface area contributed by atoms with Gasteiger partial charge in [0.15, 0.2) is 0 Å². The first-order chi connectivity index (χ1) is 13.8. The molecular weight excluding hydrogens is 401 g/mol. The van der Waals surface area contributed by atoms with Crippen molar-refractivity contribution in [3.63, 3.8) is 0 Å². The maximum Gasteiger partial charge on any atom is 0.269 e. The molecule has 0 radical (unpaired) electrons. The summed E-state index contributed by atoms with van der Waals surface area (Å²) >= 11 is 0. The highest BCUT2D eigenvalue weighted by Gasteiger charge is 2.28. The van der Waals surface area contributed by atoms with E-state index in [4.69, 9.17) is 0 Å². The van der Waals surface area contributed by atoms with E-state index in [0.29, 0.717) is 18.5 Å². The molecule has 2 aromatic rings. The van der Waals surface area contributed by atoms with Gasteiger partial charge < -0.3 is 4.90 Å². The number of sulfonamides is 1. The summed E-state index contributed by atoms with van der Waals surface area (Å²) in [7, 11) is -3.66. The largest absolute Gasteiger partial charge is 0.337 e. The average Bonchev–Trinajstić information content (AvgIpc) is 2.95. The van der Waals surface area contributed by atoms with Crippen molar-refractivity contribution in [1.29, 1.82) is 0 Å². The van der Waals surface area contributed by atoms with Gasteiger partial charge in [-0.1, -0.05) is 24.3 Å². The van der Waals surface area contributed by atoms with Crippen molar-refractivity contribution in [3.05, 3.63) is 75.6 Å². The second-order valence-electron chi connectivity index (χ2n) is 6.70. The molecule has 0 aliphatic carbocycles. The van der Waals surface area contributed by atoms with E-state index >= 15 is 0 Å². The van der Waals surface area contributed by atoms with Crippen LogP contribution < -0.4 is 0 Å². The number of rotatable bonds is 5. The molecule has 29 heavy (non-hydrogen) atoms. The minimum Gasteiger partial charge on any atom is -0.337 e.